The highest BCUT2D eigenvalue weighted by Gasteiger charge is 2.36. The lowest BCUT2D eigenvalue weighted by Crippen LogP contribution is -2.48. The number of benzene rings is 2. The van der Waals surface area contributed by atoms with Crippen LogP contribution in [-0.4, -0.2) is 37.1 Å². The number of anilines is 1. The Bertz CT molecular complexity index is 1010. The van der Waals surface area contributed by atoms with Crippen molar-refractivity contribution in [2.45, 2.75) is 43.7 Å². The van der Waals surface area contributed by atoms with Crippen molar-refractivity contribution < 1.29 is 18.0 Å². The van der Waals surface area contributed by atoms with Gasteiger partial charge < -0.3 is 10.6 Å². The molecule has 3 rings (SSSR count). The summed E-state index contributed by atoms with van der Waals surface area (Å²) >= 11 is 5.91. The second kappa shape index (κ2) is 9.59. The van der Waals surface area contributed by atoms with E-state index in [4.69, 9.17) is 11.6 Å². The fourth-order valence-corrected chi connectivity index (χ4v) is 5.11. The second-order valence-corrected chi connectivity index (χ2v) is 9.51. The zero-order valence-corrected chi connectivity index (χ0v) is 18.2. The maximum Gasteiger partial charge on any atom is 0.244 e. The van der Waals surface area contributed by atoms with Crippen LogP contribution >= 0.6 is 11.6 Å². The van der Waals surface area contributed by atoms with Crippen molar-refractivity contribution in [3.63, 3.8) is 0 Å². The zero-order valence-electron chi connectivity index (χ0n) is 16.6. The normalized spacial score (nSPS) is 17.3. The number of hydrogen-bond acceptors (Lipinski definition) is 4. The van der Waals surface area contributed by atoms with E-state index in [1.165, 1.54) is 35.5 Å². The number of carbonyl (C=O) groups excluding carboxylic acids is 2. The van der Waals surface area contributed by atoms with E-state index in [9.17, 15) is 18.0 Å². The van der Waals surface area contributed by atoms with Crippen molar-refractivity contribution in [3.8, 4) is 0 Å². The zero-order chi connectivity index (χ0) is 21.7. The van der Waals surface area contributed by atoms with E-state index < -0.39 is 16.1 Å². The molecule has 9 heteroatoms. The number of rotatable bonds is 6. The number of amides is 2. The Hall–Kier alpha value is -2.42. The Kier molecular flexibility index (Phi) is 7.12. The minimum absolute atomic E-state index is 0.0311. The van der Waals surface area contributed by atoms with Crippen molar-refractivity contribution in [3.05, 3.63) is 59.1 Å². The molecule has 0 saturated carbocycles. The van der Waals surface area contributed by atoms with Gasteiger partial charge in [0.25, 0.3) is 0 Å². The quantitative estimate of drug-likeness (QED) is 0.708. The summed E-state index contributed by atoms with van der Waals surface area (Å²) in [5.41, 5.74) is 1.32. The van der Waals surface area contributed by atoms with E-state index in [2.05, 4.69) is 10.6 Å². The first kappa shape index (κ1) is 22.3. The van der Waals surface area contributed by atoms with Gasteiger partial charge >= 0.3 is 0 Å². The summed E-state index contributed by atoms with van der Waals surface area (Å²) in [6, 6.07) is 12.0. The van der Waals surface area contributed by atoms with Gasteiger partial charge in [-0.15, -0.1) is 0 Å². The molecule has 0 spiro atoms. The molecule has 2 aromatic rings. The summed E-state index contributed by atoms with van der Waals surface area (Å²) in [6.07, 6.45) is 2.00. The van der Waals surface area contributed by atoms with Crippen LogP contribution in [0.15, 0.2) is 53.4 Å². The van der Waals surface area contributed by atoms with Gasteiger partial charge in [0.2, 0.25) is 21.8 Å². The smallest absolute Gasteiger partial charge is 0.244 e. The molecule has 0 aliphatic carbocycles. The molecular formula is C21H24ClN3O4S. The lowest BCUT2D eigenvalue weighted by atomic mass is 10.1. The molecule has 7 nitrogen and oxygen atoms in total. The molecule has 1 heterocycles. The fourth-order valence-electron chi connectivity index (χ4n) is 3.38. The predicted molar refractivity (Wildman–Crippen MR) is 116 cm³/mol. The van der Waals surface area contributed by atoms with Gasteiger partial charge in [-0.2, -0.15) is 4.31 Å². The molecular weight excluding hydrogens is 426 g/mol. The van der Waals surface area contributed by atoms with Crippen LogP contribution in [0.25, 0.3) is 0 Å². The van der Waals surface area contributed by atoms with E-state index in [0.29, 0.717) is 29.2 Å². The highest BCUT2D eigenvalue weighted by Crippen LogP contribution is 2.26. The van der Waals surface area contributed by atoms with Gasteiger partial charge in [0.15, 0.2) is 0 Å². The standard InChI is InChI=1S/C21H24ClN3O4S/c1-15(26)24-18-9-5-16(6-10-18)14-25(20-4-2-3-13-23-21(20)27)30(28,29)19-11-7-17(22)8-12-19/h5-12,20H,2-4,13-14H2,1H3,(H,23,27)(H,24,26). The summed E-state index contributed by atoms with van der Waals surface area (Å²) in [6.45, 7) is 1.98. The van der Waals surface area contributed by atoms with Crippen LogP contribution in [-0.2, 0) is 26.2 Å². The van der Waals surface area contributed by atoms with Crippen LogP contribution in [0.1, 0.15) is 31.7 Å². The van der Waals surface area contributed by atoms with E-state index in [1.807, 2.05) is 0 Å². The SMILES string of the molecule is CC(=O)Nc1ccc(CN(C2CCCCNC2=O)S(=O)(=O)c2ccc(Cl)cc2)cc1. The van der Waals surface area contributed by atoms with Crippen LogP contribution in [0.4, 0.5) is 5.69 Å². The maximum atomic E-state index is 13.5. The molecule has 1 saturated heterocycles. The summed E-state index contributed by atoms with van der Waals surface area (Å²) in [4.78, 5) is 24.0. The molecule has 0 aromatic heterocycles. The highest BCUT2D eigenvalue weighted by atomic mass is 35.5. The maximum absolute atomic E-state index is 13.5. The van der Waals surface area contributed by atoms with Gasteiger partial charge in [-0.05, 0) is 61.2 Å². The third kappa shape index (κ3) is 5.38. The van der Waals surface area contributed by atoms with Crippen molar-refractivity contribution in [2.75, 3.05) is 11.9 Å². The van der Waals surface area contributed by atoms with Crippen molar-refractivity contribution in [2.24, 2.45) is 0 Å². The highest BCUT2D eigenvalue weighted by molar-refractivity contribution is 7.89. The third-order valence-corrected chi connectivity index (χ3v) is 7.01. The van der Waals surface area contributed by atoms with E-state index in [1.54, 1.807) is 24.3 Å². The molecule has 1 aliphatic heterocycles. The van der Waals surface area contributed by atoms with Gasteiger partial charge in [0.05, 0.1) is 4.90 Å². The number of hydrogen-bond donors (Lipinski definition) is 2. The van der Waals surface area contributed by atoms with Crippen molar-refractivity contribution in [1.29, 1.82) is 0 Å². The molecule has 2 N–H and O–H groups in total. The van der Waals surface area contributed by atoms with Gasteiger partial charge in [-0.1, -0.05) is 23.7 Å². The molecule has 2 amide bonds. The predicted octanol–water partition coefficient (Wildman–Crippen LogP) is 3.16. The Labute approximate surface area is 181 Å². The fraction of sp³-hybridized carbons (Fsp3) is 0.333. The summed E-state index contributed by atoms with van der Waals surface area (Å²) < 4.78 is 28.2. The number of nitrogens with zero attached hydrogens (tertiary/aromatic N) is 1. The first-order valence-electron chi connectivity index (χ1n) is 9.69. The first-order valence-corrected chi connectivity index (χ1v) is 11.5. The molecule has 30 heavy (non-hydrogen) atoms. The summed E-state index contributed by atoms with van der Waals surface area (Å²) in [5.74, 6) is -0.482. The first-order chi connectivity index (χ1) is 14.3. The van der Waals surface area contributed by atoms with Crippen LogP contribution in [0.5, 0.6) is 0 Å². The molecule has 1 unspecified atom stereocenters. The molecule has 0 radical (unpaired) electrons. The van der Waals surface area contributed by atoms with E-state index in [-0.39, 0.29) is 23.3 Å². The topological polar surface area (TPSA) is 95.6 Å². The van der Waals surface area contributed by atoms with E-state index >= 15 is 0 Å². The Morgan fingerprint density at radius 1 is 1.13 bits per heavy atom. The monoisotopic (exact) mass is 449 g/mol. The average molecular weight is 450 g/mol. The van der Waals surface area contributed by atoms with Crippen LogP contribution in [0, 0.1) is 0 Å². The minimum Gasteiger partial charge on any atom is -0.355 e. The Morgan fingerprint density at radius 2 is 1.80 bits per heavy atom. The Morgan fingerprint density at radius 3 is 2.43 bits per heavy atom. The van der Waals surface area contributed by atoms with Gasteiger partial charge in [-0.3, -0.25) is 9.59 Å². The molecule has 160 valence electrons. The molecule has 1 fully saturated rings. The van der Waals surface area contributed by atoms with E-state index in [0.717, 1.165) is 12.8 Å². The molecule has 1 aliphatic rings. The Balaban J connectivity index is 1.95. The van der Waals surface area contributed by atoms with Gasteiger partial charge in [0.1, 0.15) is 6.04 Å². The number of halogens is 1. The molecule has 1 atom stereocenters. The molecule has 0 bridgehead atoms. The van der Waals surface area contributed by atoms with Gasteiger partial charge in [-0.25, -0.2) is 8.42 Å². The summed E-state index contributed by atoms with van der Waals surface area (Å²) in [7, 11) is -3.95. The van der Waals surface area contributed by atoms with Crippen LogP contribution < -0.4 is 10.6 Å². The molecule has 2 aromatic carbocycles. The average Bonchev–Trinajstić information content (AvgIpc) is 2.91. The number of carbonyl (C=O) groups is 2. The second-order valence-electron chi connectivity index (χ2n) is 7.18. The van der Waals surface area contributed by atoms with Crippen molar-refractivity contribution in [1.82, 2.24) is 9.62 Å². The van der Waals surface area contributed by atoms with Gasteiger partial charge in [0, 0.05) is 30.7 Å². The summed E-state index contributed by atoms with van der Waals surface area (Å²) in [5, 5.41) is 5.92. The van der Waals surface area contributed by atoms with Crippen LogP contribution in [0.3, 0.4) is 0 Å². The van der Waals surface area contributed by atoms with Crippen molar-refractivity contribution >= 4 is 39.1 Å². The van der Waals surface area contributed by atoms with Crippen LogP contribution in [0.2, 0.25) is 5.02 Å². The largest absolute Gasteiger partial charge is 0.355 e. The number of sulfonamides is 1. The lowest BCUT2D eigenvalue weighted by Gasteiger charge is -2.29. The number of nitrogens with one attached hydrogen (secondary N) is 2. The minimum atomic E-state index is -3.95. The third-order valence-electron chi connectivity index (χ3n) is 4.89. The lowest BCUT2D eigenvalue weighted by molar-refractivity contribution is -0.124.